The van der Waals surface area contributed by atoms with E-state index in [1.54, 1.807) is 63.7 Å². The van der Waals surface area contributed by atoms with Gasteiger partial charge in [-0.1, -0.05) is 320 Å². The second kappa shape index (κ2) is 56.2. The van der Waals surface area contributed by atoms with Crippen molar-refractivity contribution in [3.05, 3.63) is 156 Å². The lowest BCUT2D eigenvalue weighted by Crippen LogP contribution is -2.13. The number of aryl methyl sites for hydroxylation is 5. The van der Waals surface area contributed by atoms with Crippen LogP contribution < -0.4 is 0 Å². The van der Waals surface area contributed by atoms with Crippen molar-refractivity contribution < 1.29 is 44.9 Å². The molecule has 0 aliphatic heterocycles. The van der Waals surface area contributed by atoms with Crippen LogP contribution in [0.4, 0.5) is 0 Å². The summed E-state index contributed by atoms with van der Waals surface area (Å²) in [6.45, 7) is 93.3. The molecule has 0 radical (unpaired) electrons. The molecule has 0 aromatic carbocycles. The van der Waals surface area contributed by atoms with Gasteiger partial charge in [0.1, 0.15) is 48.0 Å². The van der Waals surface area contributed by atoms with Gasteiger partial charge in [-0.05, 0) is 26.2 Å². The number of rotatable bonds is 0. The third-order valence-electron chi connectivity index (χ3n) is 11.4. The number of nitrogens with zero attached hydrogens (tertiary/aromatic N) is 14. The molecule has 0 spiro atoms. The Bertz CT molecular complexity index is 2990. The summed E-state index contributed by atoms with van der Waals surface area (Å²) in [5, 5.41) is 33.7. The molecule has 0 bridgehead atoms. The first-order valence-electron chi connectivity index (χ1n) is 37.0. The first-order chi connectivity index (χ1) is 48.4. The minimum absolute atomic E-state index is 0.00222. The second-order valence-electron chi connectivity index (χ2n) is 30.4. The van der Waals surface area contributed by atoms with Crippen molar-refractivity contribution in [3.63, 3.8) is 0 Å². The van der Waals surface area contributed by atoms with Crippen LogP contribution in [0.1, 0.15) is 365 Å². The first-order valence-corrected chi connectivity index (χ1v) is 37.0. The van der Waals surface area contributed by atoms with Crippen molar-refractivity contribution in [2.24, 2.45) is 0 Å². The molecule has 24 heteroatoms. The molecule has 10 heterocycles. The lowest BCUT2D eigenvalue weighted by Gasteiger charge is -2.13. The molecule has 105 heavy (non-hydrogen) atoms. The predicted molar refractivity (Wildman–Crippen MR) is 428 cm³/mol. The maximum Gasteiger partial charge on any atom is 0.232 e. The average molecular weight is 1480 g/mol. The Morgan fingerprint density at radius 2 is 0.895 bits per heavy atom. The molecule has 0 saturated carbocycles. The second-order valence-corrected chi connectivity index (χ2v) is 30.4. The van der Waals surface area contributed by atoms with Crippen LogP contribution in [-0.2, 0) is 48.7 Å². The van der Waals surface area contributed by atoms with Crippen molar-refractivity contribution in [3.8, 4) is 0 Å². The van der Waals surface area contributed by atoms with Gasteiger partial charge in [0.05, 0.1) is 36.2 Å². The number of hydrogen-bond donors (Lipinski definition) is 0. The fourth-order valence-corrected chi connectivity index (χ4v) is 5.95. The summed E-state index contributed by atoms with van der Waals surface area (Å²) in [5.41, 5.74) is 5.40. The van der Waals surface area contributed by atoms with Gasteiger partial charge in [-0.3, -0.25) is 0 Å². The van der Waals surface area contributed by atoms with Gasteiger partial charge >= 0.3 is 0 Å². The lowest BCUT2D eigenvalue weighted by atomic mass is 9.90. The molecule has 0 unspecified atom stereocenters. The number of oxazole rings is 3. The van der Waals surface area contributed by atoms with E-state index in [0.29, 0.717) is 29.4 Å². The summed E-state index contributed by atoms with van der Waals surface area (Å²) >= 11 is 0. The van der Waals surface area contributed by atoms with Gasteiger partial charge < -0.3 is 40.3 Å². The zero-order valence-corrected chi connectivity index (χ0v) is 74.8. The topological polar surface area (TPSA) is 312 Å². The van der Waals surface area contributed by atoms with Crippen LogP contribution in [0.5, 0.6) is 0 Å². The summed E-state index contributed by atoms with van der Waals surface area (Å²) in [4.78, 5) is 19.8. The minimum atomic E-state index is -0.0265. The van der Waals surface area contributed by atoms with Gasteiger partial charge in [0, 0.05) is 74.9 Å². The molecule has 10 aromatic rings. The summed E-state index contributed by atoms with van der Waals surface area (Å²) in [5.74, 6) is 6.78. The maximum atomic E-state index is 5.23. The molecule has 10 rings (SSSR count). The molecule has 24 nitrogen and oxygen atoms in total. The Labute approximate surface area is 636 Å². The van der Waals surface area contributed by atoms with Crippen molar-refractivity contribution >= 4 is 0 Å². The van der Waals surface area contributed by atoms with Crippen molar-refractivity contribution in [1.29, 1.82) is 0 Å². The van der Waals surface area contributed by atoms with Gasteiger partial charge in [0.25, 0.3) is 0 Å². The highest BCUT2D eigenvalue weighted by Crippen LogP contribution is 2.26. The summed E-state index contributed by atoms with van der Waals surface area (Å²) < 4.78 is 48.7. The lowest BCUT2D eigenvalue weighted by molar-refractivity contribution is 0.295. The molecule has 0 atom stereocenters. The van der Waals surface area contributed by atoms with Gasteiger partial charge in [0.2, 0.25) is 23.6 Å². The Hall–Kier alpha value is -8.18. The average Bonchev–Trinajstić information content (AvgIpc) is 1.74. The molecule has 10 aromatic heterocycles. The third kappa shape index (κ3) is 54.1. The zero-order chi connectivity index (χ0) is 84.0. The van der Waals surface area contributed by atoms with E-state index in [1.807, 2.05) is 171 Å². The highest BCUT2D eigenvalue weighted by molar-refractivity contribution is 5.15. The van der Waals surface area contributed by atoms with Gasteiger partial charge in [-0.2, -0.15) is 9.97 Å². The van der Waals surface area contributed by atoms with Crippen LogP contribution in [0.2, 0.25) is 0 Å². The van der Waals surface area contributed by atoms with Crippen LogP contribution in [0.15, 0.2) is 120 Å². The Morgan fingerprint density at radius 3 is 1.08 bits per heavy atom. The Balaban J connectivity index is -0.000000200. The molecule has 0 aliphatic carbocycles. The van der Waals surface area contributed by atoms with Gasteiger partial charge in [0.15, 0.2) is 30.3 Å². The predicted octanol–water partition coefficient (Wildman–Crippen LogP) is 24.7. The third-order valence-corrected chi connectivity index (χ3v) is 11.4. The van der Waals surface area contributed by atoms with E-state index in [0.717, 1.165) is 51.6 Å². The molecule has 0 fully saturated rings. The van der Waals surface area contributed by atoms with E-state index >= 15 is 0 Å². The zero-order valence-electron chi connectivity index (χ0n) is 74.8. The molecular weight excluding hydrogens is 1330 g/mol. The standard InChI is InChI=1S/4C7H12N2O.5C7H11NO.C4H5NO.7C2H6/c1-5-8-9-6(10-5)7(2,3)4;1-5-8-6(9-10-5)7(2,3)4;1-5-8-6(10-9-5)7(2,3)4;1-5-6(7(2,3)4)9-10-8-5;1-7(2,3)6-4-8-5-9-6;1-7(2,3)6-4-8-9-5-6;1-7(2,3)6-8-4-5-9-6;1-7(2,3)6-4-5-9-8-6;1-7(2,3)6-4-5-8-9-6;1-4-2-6-3-5-4;7*1-2/h4*1-4H3;5*4-5H,1-3H3;2-3H,1H3;7*1-2H3. The summed E-state index contributed by atoms with van der Waals surface area (Å²) in [7, 11) is 0. The van der Waals surface area contributed by atoms with E-state index in [1.165, 1.54) is 12.8 Å². The number of hydrogen-bond acceptors (Lipinski definition) is 24. The smallest absolute Gasteiger partial charge is 0.232 e. The van der Waals surface area contributed by atoms with Crippen molar-refractivity contribution in [1.82, 2.24) is 71.2 Å². The molecule has 0 N–H and O–H groups in total. The number of aromatic nitrogens is 14. The first kappa shape index (κ1) is 110. The van der Waals surface area contributed by atoms with Crippen molar-refractivity contribution in [2.45, 2.75) is 367 Å². The van der Waals surface area contributed by atoms with Crippen LogP contribution in [0.25, 0.3) is 0 Å². The van der Waals surface area contributed by atoms with Crippen LogP contribution in [0.3, 0.4) is 0 Å². The SMILES string of the molecule is CC.CC.CC.CC.CC.CC.CC.CC(C)(C)c1ccno1.CC(C)(C)c1ccon1.CC(C)(C)c1cnco1.CC(C)(C)c1cnoc1.CC(C)(C)c1ncco1.Cc1cocn1.Cc1nc(C(C)(C)C)no1.Cc1nnc(C(C)(C)C)o1.Cc1noc(C(C)(C)C)n1.Cc1nonc1C(C)(C)C. The summed E-state index contributed by atoms with van der Waals surface area (Å²) in [6, 6.07) is 3.78. The minimum Gasteiger partial charge on any atom is -0.452 e. The van der Waals surface area contributed by atoms with E-state index < -0.39 is 0 Å². The van der Waals surface area contributed by atoms with Crippen molar-refractivity contribution in [2.75, 3.05) is 0 Å². The fourth-order valence-electron chi connectivity index (χ4n) is 5.95. The highest BCUT2D eigenvalue weighted by atomic mass is 16.6. The van der Waals surface area contributed by atoms with E-state index in [2.05, 4.69) is 226 Å². The van der Waals surface area contributed by atoms with E-state index in [4.69, 9.17) is 35.9 Å². The fraction of sp³-hybridized carbons (Fsp3) is 0.679. The summed E-state index contributed by atoms with van der Waals surface area (Å²) in [6.07, 6.45) is 16.2. The molecule has 0 aliphatic rings. The quantitative estimate of drug-likeness (QED) is 0.136. The molecule has 604 valence electrons. The van der Waals surface area contributed by atoms with Gasteiger partial charge in [-0.15, -0.1) is 10.2 Å². The van der Waals surface area contributed by atoms with Gasteiger partial charge in [-0.25, -0.2) is 19.6 Å². The van der Waals surface area contributed by atoms with Crippen LogP contribution in [-0.4, -0.2) is 71.2 Å². The van der Waals surface area contributed by atoms with Crippen LogP contribution in [0, 0.1) is 34.6 Å². The monoisotopic (exact) mass is 1480 g/mol. The van der Waals surface area contributed by atoms with E-state index in [-0.39, 0.29) is 48.7 Å². The normalized spacial score (nSPS) is 10.6. The maximum absolute atomic E-state index is 5.23. The van der Waals surface area contributed by atoms with Crippen LogP contribution >= 0.6 is 0 Å². The largest absolute Gasteiger partial charge is 0.452 e. The Morgan fingerprint density at radius 1 is 0.362 bits per heavy atom. The molecular formula is C81H150N14O10. The molecule has 0 saturated heterocycles. The van der Waals surface area contributed by atoms with E-state index in [9.17, 15) is 0 Å². The molecule has 0 amide bonds. The Kier molecular flexibility index (Phi) is 59.0. The highest BCUT2D eigenvalue weighted by Gasteiger charge is 2.24.